The number of benzene rings is 1. The van der Waals surface area contributed by atoms with Crippen molar-refractivity contribution in [2.24, 2.45) is 4.99 Å². The van der Waals surface area contributed by atoms with Gasteiger partial charge in [-0.2, -0.15) is 4.99 Å². The van der Waals surface area contributed by atoms with E-state index in [0.717, 1.165) is 5.54 Å². The van der Waals surface area contributed by atoms with E-state index in [9.17, 15) is 4.79 Å². The topological polar surface area (TPSA) is 38.7 Å². The zero-order valence-corrected chi connectivity index (χ0v) is 8.42. The molecule has 1 aromatic rings. The van der Waals surface area contributed by atoms with Crippen LogP contribution in [-0.2, 0) is 4.79 Å². The monoisotopic (exact) mass is 229 g/mol. The minimum atomic E-state index is 0.000200. The van der Waals surface area contributed by atoms with Crippen molar-refractivity contribution < 1.29 is 9.53 Å². The molecule has 0 radical (unpaired) electrons. The highest BCUT2D eigenvalue weighted by Gasteiger charge is 2.02. The van der Waals surface area contributed by atoms with Gasteiger partial charge in [0.2, 0.25) is 11.3 Å². The van der Waals surface area contributed by atoms with Gasteiger partial charge in [-0.25, -0.2) is 4.79 Å². The Morgan fingerprint density at radius 2 is 2.21 bits per heavy atom. The Hall–Kier alpha value is -1.28. The Labute approximate surface area is 90.6 Å². The van der Waals surface area contributed by atoms with Crippen LogP contribution in [0.3, 0.4) is 0 Å². The molecule has 0 fully saturated rings. The third-order valence-electron chi connectivity index (χ3n) is 1.32. The SMILES string of the molecule is O=C=Nc1ccccc1O/C(Cl)=C/Cl. The van der Waals surface area contributed by atoms with Gasteiger partial charge in [0.05, 0.1) is 5.54 Å². The molecule has 0 saturated carbocycles. The predicted octanol–water partition coefficient (Wildman–Crippen LogP) is 3.31. The summed E-state index contributed by atoms with van der Waals surface area (Å²) in [6.45, 7) is 0. The van der Waals surface area contributed by atoms with Crippen LogP contribution in [0.15, 0.2) is 40.0 Å². The first-order valence-electron chi connectivity index (χ1n) is 3.58. The zero-order chi connectivity index (χ0) is 10.4. The fourth-order valence-electron chi connectivity index (χ4n) is 0.812. The molecule has 0 aliphatic rings. The molecule has 3 nitrogen and oxygen atoms in total. The second kappa shape index (κ2) is 5.45. The summed E-state index contributed by atoms with van der Waals surface area (Å²) in [7, 11) is 0. The molecule has 0 aliphatic carbocycles. The summed E-state index contributed by atoms with van der Waals surface area (Å²) in [4.78, 5) is 13.5. The van der Waals surface area contributed by atoms with Crippen molar-refractivity contribution in [2.45, 2.75) is 0 Å². The second-order valence-corrected chi connectivity index (χ2v) is 2.78. The minimum Gasteiger partial charge on any atom is -0.442 e. The fraction of sp³-hybridized carbons (Fsp3) is 0. The molecular weight excluding hydrogens is 225 g/mol. The molecule has 72 valence electrons. The summed E-state index contributed by atoms with van der Waals surface area (Å²) >= 11 is 10.8. The van der Waals surface area contributed by atoms with Crippen LogP contribution in [0.1, 0.15) is 0 Å². The van der Waals surface area contributed by atoms with E-state index < -0.39 is 0 Å². The number of ether oxygens (including phenoxy) is 1. The maximum Gasteiger partial charge on any atom is 0.240 e. The van der Waals surface area contributed by atoms with Crippen LogP contribution >= 0.6 is 23.2 Å². The molecule has 0 amide bonds. The van der Waals surface area contributed by atoms with Crippen LogP contribution in [0.25, 0.3) is 0 Å². The molecule has 1 rings (SSSR count). The number of carbonyl (C=O) groups excluding carboxylic acids is 1. The van der Waals surface area contributed by atoms with Crippen LogP contribution in [-0.4, -0.2) is 6.08 Å². The van der Waals surface area contributed by atoms with E-state index in [1.807, 2.05) is 0 Å². The normalized spacial score (nSPS) is 10.6. The van der Waals surface area contributed by atoms with Gasteiger partial charge < -0.3 is 4.74 Å². The minimum absolute atomic E-state index is 0.000200. The zero-order valence-electron chi connectivity index (χ0n) is 6.91. The largest absolute Gasteiger partial charge is 0.442 e. The van der Waals surface area contributed by atoms with Crippen molar-refractivity contribution in [1.82, 2.24) is 0 Å². The average Bonchev–Trinajstić information content (AvgIpc) is 2.21. The molecule has 0 aliphatic heterocycles. The Kier molecular flexibility index (Phi) is 4.20. The number of hydrogen-bond donors (Lipinski definition) is 0. The number of para-hydroxylation sites is 2. The summed E-state index contributed by atoms with van der Waals surface area (Å²) in [6, 6.07) is 6.64. The highest BCUT2D eigenvalue weighted by Crippen LogP contribution is 2.28. The quantitative estimate of drug-likeness (QED) is 0.453. The first-order chi connectivity index (χ1) is 6.77. The van der Waals surface area contributed by atoms with E-state index in [4.69, 9.17) is 27.9 Å². The summed E-state index contributed by atoms with van der Waals surface area (Å²) in [5.74, 6) is 0.345. The second-order valence-electron chi connectivity index (χ2n) is 2.19. The summed E-state index contributed by atoms with van der Waals surface area (Å²) in [5, 5.41) is 0.000200. The molecule has 5 heteroatoms. The van der Waals surface area contributed by atoms with Crippen molar-refractivity contribution in [1.29, 1.82) is 0 Å². The molecule has 0 unspecified atom stereocenters. The van der Waals surface area contributed by atoms with Gasteiger partial charge in [-0.1, -0.05) is 23.7 Å². The predicted molar refractivity (Wildman–Crippen MR) is 54.6 cm³/mol. The molecule has 0 N–H and O–H groups in total. The first kappa shape index (κ1) is 10.8. The van der Waals surface area contributed by atoms with Crippen molar-refractivity contribution in [3.8, 4) is 5.75 Å². The van der Waals surface area contributed by atoms with Gasteiger partial charge in [-0.15, -0.1) is 0 Å². The number of aliphatic imine (C=N–C) groups is 1. The maximum absolute atomic E-state index is 10.1. The van der Waals surface area contributed by atoms with E-state index in [1.54, 1.807) is 24.3 Å². The number of hydrogen-bond acceptors (Lipinski definition) is 3. The van der Waals surface area contributed by atoms with Gasteiger partial charge in [-0.3, -0.25) is 0 Å². The Morgan fingerprint density at radius 3 is 2.86 bits per heavy atom. The van der Waals surface area contributed by atoms with Crippen molar-refractivity contribution in [2.75, 3.05) is 0 Å². The number of rotatable bonds is 3. The van der Waals surface area contributed by atoms with Gasteiger partial charge in [0.1, 0.15) is 5.69 Å². The standard InChI is InChI=1S/C9H5Cl2NO2/c10-5-9(11)14-8-4-2-1-3-7(8)12-6-13/h1-5H/b9-5+. The summed E-state index contributed by atoms with van der Waals surface area (Å²) < 4.78 is 5.07. The van der Waals surface area contributed by atoms with Gasteiger partial charge in [-0.05, 0) is 23.7 Å². The van der Waals surface area contributed by atoms with Crippen molar-refractivity contribution in [3.63, 3.8) is 0 Å². The number of isocyanates is 1. The molecule has 14 heavy (non-hydrogen) atoms. The Bertz CT molecular complexity index is 398. The molecule has 0 bridgehead atoms. The smallest absolute Gasteiger partial charge is 0.240 e. The van der Waals surface area contributed by atoms with E-state index in [-0.39, 0.29) is 5.22 Å². The summed E-state index contributed by atoms with van der Waals surface area (Å²) in [5.41, 5.74) is 1.42. The van der Waals surface area contributed by atoms with Gasteiger partial charge in [0.15, 0.2) is 5.75 Å². The van der Waals surface area contributed by atoms with Crippen LogP contribution in [0.5, 0.6) is 5.75 Å². The lowest BCUT2D eigenvalue weighted by Crippen LogP contribution is -1.87. The number of nitrogens with zero attached hydrogens (tertiary/aromatic N) is 1. The number of halogens is 2. The molecule has 1 aromatic carbocycles. The Balaban J connectivity index is 3.01. The van der Waals surface area contributed by atoms with Crippen molar-refractivity contribution in [3.05, 3.63) is 35.0 Å². The third-order valence-corrected chi connectivity index (χ3v) is 1.82. The molecule has 0 saturated heterocycles. The third kappa shape index (κ3) is 2.89. The molecular formula is C9H5Cl2NO2. The van der Waals surface area contributed by atoms with Gasteiger partial charge in [0, 0.05) is 0 Å². The van der Waals surface area contributed by atoms with Crippen molar-refractivity contribution >= 4 is 35.0 Å². The van der Waals surface area contributed by atoms with E-state index in [0.29, 0.717) is 11.4 Å². The van der Waals surface area contributed by atoms with Crippen LogP contribution in [0.2, 0.25) is 0 Å². The van der Waals surface area contributed by atoms with Gasteiger partial charge >= 0.3 is 0 Å². The molecule has 0 aromatic heterocycles. The van der Waals surface area contributed by atoms with Crippen LogP contribution in [0, 0.1) is 0 Å². The molecule has 0 atom stereocenters. The highest BCUT2D eigenvalue weighted by molar-refractivity contribution is 6.35. The summed E-state index contributed by atoms with van der Waals surface area (Å²) in [6.07, 6.45) is 1.42. The highest BCUT2D eigenvalue weighted by atomic mass is 35.5. The molecule has 0 heterocycles. The Morgan fingerprint density at radius 1 is 1.50 bits per heavy atom. The lowest BCUT2D eigenvalue weighted by molar-refractivity contribution is 0.465. The van der Waals surface area contributed by atoms with Crippen LogP contribution < -0.4 is 4.74 Å². The van der Waals surface area contributed by atoms with E-state index in [1.165, 1.54) is 6.08 Å². The average molecular weight is 230 g/mol. The van der Waals surface area contributed by atoms with Crippen LogP contribution in [0.4, 0.5) is 5.69 Å². The maximum atomic E-state index is 10.1. The fourth-order valence-corrected chi connectivity index (χ4v) is 0.940. The van der Waals surface area contributed by atoms with E-state index in [2.05, 4.69) is 4.99 Å². The lowest BCUT2D eigenvalue weighted by atomic mass is 10.3. The lowest BCUT2D eigenvalue weighted by Gasteiger charge is -2.04. The van der Waals surface area contributed by atoms with Gasteiger partial charge in [0.25, 0.3) is 0 Å². The molecule has 0 spiro atoms. The van der Waals surface area contributed by atoms with E-state index >= 15 is 0 Å². The first-order valence-corrected chi connectivity index (χ1v) is 4.40.